The molecule has 5 nitrogen and oxygen atoms in total. The first kappa shape index (κ1) is 18.7. The summed E-state index contributed by atoms with van der Waals surface area (Å²) < 4.78 is 26.0. The van der Waals surface area contributed by atoms with E-state index in [0.717, 1.165) is 12.8 Å². The van der Waals surface area contributed by atoms with Gasteiger partial charge in [-0.2, -0.15) is 0 Å². The average molecular weight is 402 g/mol. The summed E-state index contributed by atoms with van der Waals surface area (Å²) in [5.41, 5.74) is 0.931. The van der Waals surface area contributed by atoms with E-state index in [1.54, 1.807) is 19.2 Å². The van der Waals surface area contributed by atoms with Gasteiger partial charge in [-0.05, 0) is 43.9 Å². The molecule has 0 aliphatic heterocycles. The highest BCUT2D eigenvalue weighted by Crippen LogP contribution is 2.37. The summed E-state index contributed by atoms with van der Waals surface area (Å²) in [6, 6.07) is 8.45. The monoisotopic (exact) mass is 401 g/mol. The van der Waals surface area contributed by atoms with Crippen molar-refractivity contribution in [3.05, 3.63) is 47.5 Å². The first-order valence-electron chi connectivity index (χ1n) is 9.36. The van der Waals surface area contributed by atoms with Gasteiger partial charge in [-0.15, -0.1) is 0 Å². The number of anilines is 2. The topological polar surface area (TPSA) is 56.3 Å². The summed E-state index contributed by atoms with van der Waals surface area (Å²) in [4.78, 5) is 8.61. The fraction of sp³-hybridized carbons (Fsp3) is 0.333. The van der Waals surface area contributed by atoms with E-state index in [9.17, 15) is 4.39 Å². The van der Waals surface area contributed by atoms with Crippen LogP contribution in [0.4, 0.5) is 15.9 Å². The SMILES string of the molecule is COc1cc2c(Nc3cccc(Cl)c3F)ncnc2cc1OC1CCCCC1. The van der Waals surface area contributed by atoms with Crippen molar-refractivity contribution < 1.29 is 13.9 Å². The van der Waals surface area contributed by atoms with Crippen LogP contribution in [-0.4, -0.2) is 23.2 Å². The molecule has 146 valence electrons. The molecule has 0 bridgehead atoms. The molecule has 0 atom stereocenters. The number of hydrogen-bond donors (Lipinski definition) is 1. The summed E-state index contributed by atoms with van der Waals surface area (Å²) >= 11 is 5.88. The molecule has 0 radical (unpaired) electrons. The number of ether oxygens (including phenoxy) is 2. The fourth-order valence-electron chi connectivity index (χ4n) is 3.51. The Morgan fingerprint density at radius 2 is 1.93 bits per heavy atom. The molecule has 0 unspecified atom stereocenters. The Hall–Kier alpha value is -2.60. The van der Waals surface area contributed by atoms with Gasteiger partial charge < -0.3 is 14.8 Å². The van der Waals surface area contributed by atoms with Crippen LogP contribution in [0.25, 0.3) is 10.9 Å². The molecule has 0 spiro atoms. The third kappa shape index (κ3) is 3.83. The quantitative estimate of drug-likeness (QED) is 0.578. The van der Waals surface area contributed by atoms with Gasteiger partial charge in [0.05, 0.1) is 29.4 Å². The Morgan fingerprint density at radius 3 is 2.71 bits per heavy atom. The Balaban J connectivity index is 1.70. The van der Waals surface area contributed by atoms with Gasteiger partial charge in [-0.25, -0.2) is 14.4 Å². The van der Waals surface area contributed by atoms with E-state index < -0.39 is 5.82 Å². The average Bonchev–Trinajstić information content (AvgIpc) is 2.72. The van der Waals surface area contributed by atoms with Crippen LogP contribution in [0.2, 0.25) is 5.02 Å². The predicted octanol–water partition coefficient (Wildman–Crippen LogP) is 5.89. The summed E-state index contributed by atoms with van der Waals surface area (Å²) in [5.74, 6) is 1.21. The van der Waals surface area contributed by atoms with Crippen molar-refractivity contribution in [2.75, 3.05) is 12.4 Å². The number of rotatable bonds is 5. The Kier molecular flexibility index (Phi) is 5.48. The second kappa shape index (κ2) is 8.19. The first-order chi connectivity index (χ1) is 13.7. The van der Waals surface area contributed by atoms with Crippen molar-refractivity contribution >= 4 is 34.0 Å². The predicted molar refractivity (Wildman–Crippen MR) is 108 cm³/mol. The van der Waals surface area contributed by atoms with E-state index in [1.165, 1.54) is 31.7 Å². The second-order valence-corrected chi connectivity index (χ2v) is 7.25. The van der Waals surface area contributed by atoms with Gasteiger partial charge >= 0.3 is 0 Å². The number of nitrogens with one attached hydrogen (secondary N) is 1. The van der Waals surface area contributed by atoms with Crippen LogP contribution in [0.3, 0.4) is 0 Å². The first-order valence-corrected chi connectivity index (χ1v) is 9.74. The molecule has 0 saturated heterocycles. The number of nitrogens with zero attached hydrogens (tertiary/aromatic N) is 2. The van der Waals surface area contributed by atoms with Gasteiger partial charge in [-0.3, -0.25) is 0 Å². The van der Waals surface area contributed by atoms with E-state index in [1.807, 2.05) is 12.1 Å². The van der Waals surface area contributed by atoms with Crippen molar-refractivity contribution in [1.29, 1.82) is 0 Å². The van der Waals surface area contributed by atoms with E-state index in [2.05, 4.69) is 15.3 Å². The number of fused-ring (bicyclic) bond motifs is 1. The third-order valence-electron chi connectivity index (χ3n) is 4.97. The Bertz CT molecular complexity index is 993. The van der Waals surface area contributed by atoms with Crippen LogP contribution < -0.4 is 14.8 Å². The lowest BCUT2D eigenvalue weighted by Gasteiger charge is -2.24. The molecule has 28 heavy (non-hydrogen) atoms. The minimum atomic E-state index is -0.528. The van der Waals surface area contributed by atoms with Gasteiger partial charge in [0, 0.05) is 11.5 Å². The molecule has 1 heterocycles. The Morgan fingerprint density at radius 1 is 1.11 bits per heavy atom. The Labute approximate surface area is 167 Å². The van der Waals surface area contributed by atoms with Crippen LogP contribution in [0, 0.1) is 5.82 Å². The van der Waals surface area contributed by atoms with Crippen LogP contribution in [0.5, 0.6) is 11.5 Å². The maximum atomic E-state index is 14.3. The van der Waals surface area contributed by atoms with Crippen LogP contribution in [0.1, 0.15) is 32.1 Å². The van der Waals surface area contributed by atoms with E-state index >= 15 is 0 Å². The lowest BCUT2D eigenvalue weighted by molar-refractivity contribution is 0.150. The van der Waals surface area contributed by atoms with Crippen molar-refractivity contribution in [2.24, 2.45) is 0 Å². The molecule has 1 aromatic heterocycles. The molecule has 7 heteroatoms. The van der Waals surface area contributed by atoms with Crippen molar-refractivity contribution in [1.82, 2.24) is 9.97 Å². The van der Waals surface area contributed by atoms with Crippen molar-refractivity contribution in [3.63, 3.8) is 0 Å². The molecule has 1 N–H and O–H groups in total. The molecule has 0 amide bonds. The second-order valence-electron chi connectivity index (χ2n) is 6.85. The maximum absolute atomic E-state index is 14.3. The molecule has 1 aliphatic carbocycles. The van der Waals surface area contributed by atoms with Crippen molar-refractivity contribution in [3.8, 4) is 11.5 Å². The summed E-state index contributed by atoms with van der Waals surface area (Å²) in [6.07, 6.45) is 7.35. The number of benzene rings is 2. The molecule has 2 aromatic carbocycles. The van der Waals surface area contributed by atoms with E-state index in [-0.39, 0.29) is 16.8 Å². The number of hydrogen-bond acceptors (Lipinski definition) is 5. The number of halogens is 2. The highest BCUT2D eigenvalue weighted by molar-refractivity contribution is 6.31. The van der Waals surface area contributed by atoms with Crippen molar-refractivity contribution in [2.45, 2.75) is 38.2 Å². The van der Waals surface area contributed by atoms with E-state index in [0.29, 0.717) is 28.2 Å². The molecule has 1 aliphatic rings. The molecule has 3 aromatic rings. The van der Waals surface area contributed by atoms with Gasteiger partial charge in [0.15, 0.2) is 17.3 Å². The maximum Gasteiger partial charge on any atom is 0.165 e. The zero-order chi connectivity index (χ0) is 19.5. The minimum Gasteiger partial charge on any atom is -0.493 e. The highest BCUT2D eigenvalue weighted by atomic mass is 35.5. The standard InChI is InChI=1S/C21H21ClFN3O2/c1-27-18-10-14-17(11-19(18)28-13-6-3-2-4-7-13)24-12-25-21(14)26-16-9-5-8-15(22)20(16)23/h5,8-13H,2-4,6-7H2,1H3,(H,24,25,26). The highest BCUT2D eigenvalue weighted by Gasteiger charge is 2.19. The normalized spacial score (nSPS) is 14.8. The van der Waals surface area contributed by atoms with Crippen LogP contribution in [-0.2, 0) is 0 Å². The molecule has 1 fully saturated rings. The van der Waals surface area contributed by atoms with Gasteiger partial charge in [0.2, 0.25) is 0 Å². The summed E-state index contributed by atoms with van der Waals surface area (Å²) in [7, 11) is 1.60. The lowest BCUT2D eigenvalue weighted by Crippen LogP contribution is -2.19. The van der Waals surface area contributed by atoms with E-state index in [4.69, 9.17) is 21.1 Å². The lowest BCUT2D eigenvalue weighted by atomic mass is 9.98. The zero-order valence-corrected chi connectivity index (χ0v) is 16.3. The third-order valence-corrected chi connectivity index (χ3v) is 5.26. The van der Waals surface area contributed by atoms with Gasteiger partial charge in [-0.1, -0.05) is 24.1 Å². The molecule has 1 saturated carbocycles. The number of methoxy groups -OCH3 is 1. The molecular weight excluding hydrogens is 381 g/mol. The fourth-order valence-corrected chi connectivity index (χ4v) is 3.68. The zero-order valence-electron chi connectivity index (χ0n) is 15.5. The minimum absolute atomic E-state index is 0.0455. The van der Waals surface area contributed by atoms with Crippen LogP contribution in [0.15, 0.2) is 36.7 Å². The number of aromatic nitrogens is 2. The molecular formula is C21H21ClFN3O2. The largest absolute Gasteiger partial charge is 0.493 e. The van der Waals surface area contributed by atoms with Gasteiger partial charge in [0.1, 0.15) is 12.1 Å². The summed E-state index contributed by atoms with van der Waals surface area (Å²) in [5, 5.41) is 3.75. The smallest absolute Gasteiger partial charge is 0.165 e. The van der Waals surface area contributed by atoms with Crippen LogP contribution >= 0.6 is 11.6 Å². The summed E-state index contributed by atoms with van der Waals surface area (Å²) in [6.45, 7) is 0. The molecule has 4 rings (SSSR count). The van der Waals surface area contributed by atoms with Gasteiger partial charge in [0.25, 0.3) is 0 Å².